The molecule has 8 heteroatoms. The molecule has 1 aliphatic rings. The number of benzene rings is 1. The van der Waals surface area contributed by atoms with Crippen molar-refractivity contribution >= 4 is 5.91 Å². The summed E-state index contributed by atoms with van der Waals surface area (Å²) >= 11 is 0. The number of nitrogens with one attached hydrogen (secondary N) is 1. The third kappa shape index (κ3) is 3.89. The van der Waals surface area contributed by atoms with Gasteiger partial charge in [0.2, 0.25) is 12.7 Å². The molecule has 0 fully saturated rings. The Morgan fingerprint density at radius 1 is 1.07 bits per heavy atom. The van der Waals surface area contributed by atoms with Gasteiger partial charge in [-0.1, -0.05) is 5.16 Å². The van der Waals surface area contributed by atoms with Gasteiger partial charge in [-0.15, -0.1) is 0 Å². The van der Waals surface area contributed by atoms with E-state index in [1.165, 1.54) is 0 Å². The number of rotatable bonds is 5. The molecule has 1 amide bonds. The van der Waals surface area contributed by atoms with Crippen molar-refractivity contribution in [3.8, 4) is 23.0 Å². The van der Waals surface area contributed by atoms with Gasteiger partial charge in [-0.25, -0.2) is 0 Å². The van der Waals surface area contributed by atoms with Crippen molar-refractivity contribution in [2.75, 3.05) is 6.79 Å². The molecule has 4 rings (SSSR count). The van der Waals surface area contributed by atoms with Gasteiger partial charge in [-0.3, -0.25) is 9.78 Å². The molecule has 2 aromatic heterocycles. The summed E-state index contributed by atoms with van der Waals surface area (Å²) in [5, 5.41) is 6.71. The molecule has 1 aromatic carbocycles. The molecule has 3 heterocycles. The zero-order valence-electron chi connectivity index (χ0n) is 15.0. The molecule has 0 saturated heterocycles. The molecule has 0 atom stereocenters. The normalized spacial score (nSPS) is 12.2. The van der Waals surface area contributed by atoms with Gasteiger partial charge < -0.3 is 19.3 Å². The Kier molecular flexibility index (Phi) is 4.45. The van der Waals surface area contributed by atoms with Crippen LogP contribution in [0.5, 0.6) is 11.5 Å². The zero-order chi connectivity index (χ0) is 18.8. The quantitative estimate of drug-likeness (QED) is 0.740. The molecule has 0 unspecified atom stereocenters. The van der Waals surface area contributed by atoms with Gasteiger partial charge in [0.1, 0.15) is 0 Å². The van der Waals surface area contributed by atoms with Crippen LogP contribution < -0.4 is 14.8 Å². The summed E-state index contributed by atoms with van der Waals surface area (Å²) < 4.78 is 15.9. The molecule has 0 radical (unpaired) electrons. The molecule has 0 spiro atoms. The van der Waals surface area contributed by atoms with E-state index in [-0.39, 0.29) is 25.7 Å². The molecule has 0 saturated carbocycles. The van der Waals surface area contributed by atoms with Crippen LogP contribution in [0.25, 0.3) is 11.5 Å². The van der Waals surface area contributed by atoms with Gasteiger partial charge >= 0.3 is 0 Å². The van der Waals surface area contributed by atoms with Crippen LogP contribution in [0, 0.1) is 13.8 Å². The van der Waals surface area contributed by atoms with Crippen molar-refractivity contribution < 1.29 is 18.8 Å². The number of aryl methyl sites for hydroxylation is 2. The number of pyridine rings is 1. The van der Waals surface area contributed by atoms with Crippen LogP contribution in [-0.4, -0.2) is 27.8 Å². The number of carbonyl (C=O) groups excluding carboxylic acids is 1. The van der Waals surface area contributed by atoms with Crippen molar-refractivity contribution in [2.45, 2.75) is 26.8 Å². The summed E-state index contributed by atoms with van der Waals surface area (Å²) in [7, 11) is 0. The van der Waals surface area contributed by atoms with Crippen molar-refractivity contribution in [1.29, 1.82) is 0 Å². The Morgan fingerprint density at radius 2 is 1.85 bits per heavy atom. The topological polar surface area (TPSA) is 99.4 Å². The first-order valence-electron chi connectivity index (χ1n) is 8.50. The molecule has 138 valence electrons. The maximum atomic E-state index is 12.2. The first kappa shape index (κ1) is 17.0. The largest absolute Gasteiger partial charge is 0.454 e. The average Bonchev–Trinajstić information content (AvgIpc) is 3.27. The third-order valence-corrected chi connectivity index (χ3v) is 4.04. The predicted molar refractivity (Wildman–Crippen MR) is 95.1 cm³/mol. The summed E-state index contributed by atoms with van der Waals surface area (Å²) in [4.78, 5) is 20.8. The van der Waals surface area contributed by atoms with Crippen molar-refractivity contribution in [3.05, 3.63) is 53.1 Å². The summed E-state index contributed by atoms with van der Waals surface area (Å²) in [6.45, 7) is 4.21. The van der Waals surface area contributed by atoms with Gasteiger partial charge in [-0.2, -0.15) is 4.98 Å². The second kappa shape index (κ2) is 7.06. The van der Waals surface area contributed by atoms with E-state index in [2.05, 4.69) is 20.4 Å². The molecule has 1 N–H and O–H groups in total. The lowest BCUT2D eigenvalue weighted by Crippen LogP contribution is -2.25. The third-order valence-electron chi connectivity index (χ3n) is 4.04. The van der Waals surface area contributed by atoms with E-state index in [1.807, 2.05) is 32.0 Å². The van der Waals surface area contributed by atoms with Crippen LogP contribution in [0.2, 0.25) is 0 Å². The molecular weight excluding hydrogens is 348 g/mol. The summed E-state index contributed by atoms with van der Waals surface area (Å²) in [6, 6.07) is 9.20. The highest BCUT2D eigenvalue weighted by atomic mass is 16.7. The molecule has 8 nitrogen and oxygen atoms in total. The zero-order valence-corrected chi connectivity index (χ0v) is 15.0. The van der Waals surface area contributed by atoms with Gasteiger partial charge in [-0.05, 0) is 49.7 Å². The second-order valence-electron chi connectivity index (χ2n) is 6.30. The molecule has 27 heavy (non-hydrogen) atoms. The monoisotopic (exact) mass is 366 g/mol. The fourth-order valence-corrected chi connectivity index (χ4v) is 2.92. The van der Waals surface area contributed by atoms with E-state index in [4.69, 9.17) is 14.0 Å². The smallest absolute Gasteiger partial charge is 0.258 e. The SMILES string of the molecule is Cc1cc(CC(=O)NCc2noc(-c3ccc4c(c3)OCO4)n2)cc(C)n1. The van der Waals surface area contributed by atoms with Crippen LogP contribution in [-0.2, 0) is 17.8 Å². The average molecular weight is 366 g/mol. The van der Waals surface area contributed by atoms with Gasteiger partial charge in [0.15, 0.2) is 17.3 Å². The Hall–Kier alpha value is -3.42. The van der Waals surface area contributed by atoms with E-state index < -0.39 is 0 Å². The Bertz CT molecular complexity index is 979. The van der Waals surface area contributed by atoms with E-state index >= 15 is 0 Å². The lowest BCUT2D eigenvalue weighted by Gasteiger charge is -2.05. The fourth-order valence-electron chi connectivity index (χ4n) is 2.92. The summed E-state index contributed by atoms with van der Waals surface area (Å²) in [5.41, 5.74) is 3.44. The van der Waals surface area contributed by atoms with Crippen molar-refractivity contribution in [1.82, 2.24) is 20.4 Å². The number of nitrogens with zero attached hydrogens (tertiary/aromatic N) is 3. The van der Waals surface area contributed by atoms with Crippen LogP contribution in [0.3, 0.4) is 0 Å². The van der Waals surface area contributed by atoms with Gasteiger partial charge in [0.25, 0.3) is 5.89 Å². The minimum atomic E-state index is -0.116. The second-order valence-corrected chi connectivity index (χ2v) is 6.30. The highest BCUT2D eigenvalue weighted by molar-refractivity contribution is 5.78. The lowest BCUT2D eigenvalue weighted by molar-refractivity contribution is -0.120. The predicted octanol–water partition coefficient (Wildman–Crippen LogP) is 2.34. The van der Waals surface area contributed by atoms with Crippen LogP contribution in [0.15, 0.2) is 34.9 Å². The number of ether oxygens (including phenoxy) is 2. The van der Waals surface area contributed by atoms with Crippen molar-refractivity contribution in [2.24, 2.45) is 0 Å². The molecule has 0 bridgehead atoms. The molecule has 0 aliphatic carbocycles. The first-order valence-corrected chi connectivity index (χ1v) is 8.50. The van der Waals surface area contributed by atoms with Gasteiger partial charge in [0, 0.05) is 17.0 Å². The maximum absolute atomic E-state index is 12.2. The molecule has 3 aromatic rings. The van der Waals surface area contributed by atoms with E-state index in [1.54, 1.807) is 12.1 Å². The number of hydrogen-bond acceptors (Lipinski definition) is 7. The minimum Gasteiger partial charge on any atom is -0.454 e. The van der Waals surface area contributed by atoms with E-state index in [9.17, 15) is 4.79 Å². The van der Waals surface area contributed by atoms with Crippen molar-refractivity contribution in [3.63, 3.8) is 0 Å². The van der Waals surface area contributed by atoms with Crippen LogP contribution in [0.1, 0.15) is 22.8 Å². The Labute approximate surface area is 155 Å². The molecular formula is C19H18N4O4. The number of fused-ring (bicyclic) bond motifs is 1. The Balaban J connectivity index is 1.37. The summed E-state index contributed by atoms with van der Waals surface area (Å²) in [6.07, 6.45) is 0.275. The van der Waals surface area contributed by atoms with Crippen LogP contribution >= 0.6 is 0 Å². The van der Waals surface area contributed by atoms with E-state index in [0.29, 0.717) is 23.2 Å². The Morgan fingerprint density at radius 3 is 2.67 bits per heavy atom. The molecule has 1 aliphatic heterocycles. The standard InChI is InChI=1S/C19H18N4O4/c1-11-5-13(6-12(2)21-11)7-18(24)20-9-17-22-19(27-23-17)14-3-4-15-16(8-14)26-10-25-15/h3-6,8H,7,9-10H2,1-2H3,(H,20,24). The van der Waals surface area contributed by atoms with Crippen LogP contribution in [0.4, 0.5) is 0 Å². The minimum absolute atomic E-state index is 0.116. The number of carbonyl (C=O) groups is 1. The number of hydrogen-bond donors (Lipinski definition) is 1. The highest BCUT2D eigenvalue weighted by Gasteiger charge is 2.17. The van der Waals surface area contributed by atoms with Gasteiger partial charge in [0.05, 0.1) is 13.0 Å². The maximum Gasteiger partial charge on any atom is 0.258 e. The number of amides is 1. The van der Waals surface area contributed by atoms with E-state index in [0.717, 1.165) is 22.5 Å². The summed E-state index contributed by atoms with van der Waals surface area (Å²) in [5.74, 6) is 1.97. The highest BCUT2D eigenvalue weighted by Crippen LogP contribution is 2.35. The fraction of sp³-hybridized carbons (Fsp3) is 0.263. The first-order chi connectivity index (χ1) is 13.1. The lowest BCUT2D eigenvalue weighted by atomic mass is 10.1. The number of aromatic nitrogens is 3.